The van der Waals surface area contributed by atoms with Crippen LogP contribution in [0.4, 0.5) is 0 Å². The normalized spacial score (nSPS) is 9.00. The molecule has 0 aromatic heterocycles. The van der Waals surface area contributed by atoms with E-state index in [-0.39, 0.29) is 11.8 Å². The molecule has 0 aliphatic heterocycles. The number of rotatable bonds is 2. The average Bonchev–Trinajstić information content (AvgIpc) is 1.97. The van der Waals surface area contributed by atoms with Crippen molar-refractivity contribution in [2.75, 3.05) is 14.1 Å². The van der Waals surface area contributed by atoms with Crippen LogP contribution in [0, 0.1) is 0 Å². The van der Waals surface area contributed by atoms with Gasteiger partial charge in [-0.3, -0.25) is 9.59 Å². The molecule has 2 amide bonds. The smallest absolute Gasteiger partial charge is 0.269 e. The molecule has 0 saturated carbocycles. The van der Waals surface area contributed by atoms with Crippen LogP contribution in [0.25, 0.3) is 0 Å². The van der Waals surface area contributed by atoms with E-state index in [4.69, 9.17) is 0 Å². The predicted octanol–water partition coefficient (Wildman–Crippen LogP) is 0.505. The fourth-order valence-electron chi connectivity index (χ4n) is 0.792. The molecule has 0 heterocycles. The number of amides is 2. The molecule has 0 bridgehead atoms. The van der Waals surface area contributed by atoms with Gasteiger partial charge in [0, 0.05) is 21.0 Å². The van der Waals surface area contributed by atoms with Gasteiger partial charge in [0.2, 0.25) is 5.91 Å². The van der Waals surface area contributed by atoms with Gasteiger partial charge in [0.15, 0.2) is 0 Å². The second kappa shape index (κ2) is 4.64. The molecule has 74 valence electrons. The molecule has 0 unspecified atom stereocenters. The molecule has 0 aromatic carbocycles. The molecule has 4 heteroatoms. The van der Waals surface area contributed by atoms with Crippen LogP contribution in [0.3, 0.4) is 0 Å². The summed E-state index contributed by atoms with van der Waals surface area (Å²) in [5.74, 6) is -0.415. The zero-order chi connectivity index (χ0) is 10.6. The summed E-state index contributed by atoms with van der Waals surface area (Å²) in [6, 6.07) is 0. The Labute approximate surface area is 78.6 Å². The molecule has 0 aliphatic carbocycles. The summed E-state index contributed by atoms with van der Waals surface area (Å²) in [5, 5.41) is 2.51. The van der Waals surface area contributed by atoms with E-state index >= 15 is 0 Å². The maximum atomic E-state index is 11.5. The first-order chi connectivity index (χ1) is 5.86. The molecule has 0 rings (SSSR count). The Morgan fingerprint density at radius 1 is 1.08 bits per heavy atom. The van der Waals surface area contributed by atoms with Gasteiger partial charge in [0.1, 0.15) is 5.70 Å². The van der Waals surface area contributed by atoms with Gasteiger partial charge >= 0.3 is 0 Å². The van der Waals surface area contributed by atoms with Crippen LogP contribution in [-0.2, 0) is 9.59 Å². The van der Waals surface area contributed by atoms with Crippen LogP contribution in [0.15, 0.2) is 11.3 Å². The van der Waals surface area contributed by atoms with Crippen molar-refractivity contribution in [3.8, 4) is 0 Å². The third-order valence-electron chi connectivity index (χ3n) is 1.42. The van der Waals surface area contributed by atoms with Crippen LogP contribution in [0.2, 0.25) is 0 Å². The van der Waals surface area contributed by atoms with Gasteiger partial charge in [0.25, 0.3) is 5.91 Å². The number of nitrogens with zero attached hydrogens (tertiary/aromatic N) is 1. The second-order valence-electron chi connectivity index (χ2n) is 3.26. The van der Waals surface area contributed by atoms with Crippen molar-refractivity contribution >= 4 is 11.8 Å². The molecule has 0 atom stereocenters. The lowest BCUT2D eigenvalue weighted by atomic mass is 10.2. The third kappa shape index (κ3) is 3.73. The van der Waals surface area contributed by atoms with Crippen molar-refractivity contribution in [2.24, 2.45) is 0 Å². The van der Waals surface area contributed by atoms with Gasteiger partial charge < -0.3 is 10.2 Å². The van der Waals surface area contributed by atoms with Crippen molar-refractivity contribution in [2.45, 2.75) is 20.8 Å². The molecule has 0 aromatic rings. The standard InChI is InChI=1S/C9H16N2O2/c1-6(2)8(10-7(3)12)9(13)11(4)5/h1-5H3,(H,10,12). The topological polar surface area (TPSA) is 49.4 Å². The van der Waals surface area contributed by atoms with Crippen LogP contribution in [0.5, 0.6) is 0 Å². The monoisotopic (exact) mass is 184 g/mol. The number of carbonyl (C=O) groups is 2. The van der Waals surface area contributed by atoms with E-state index in [0.717, 1.165) is 5.57 Å². The fraction of sp³-hybridized carbons (Fsp3) is 0.556. The highest BCUT2D eigenvalue weighted by atomic mass is 16.2. The van der Waals surface area contributed by atoms with Gasteiger partial charge in [-0.15, -0.1) is 0 Å². The minimum Gasteiger partial charge on any atom is -0.344 e. The summed E-state index contributed by atoms with van der Waals surface area (Å²) >= 11 is 0. The lowest BCUT2D eigenvalue weighted by Gasteiger charge is -2.15. The predicted molar refractivity (Wildman–Crippen MR) is 50.9 cm³/mol. The van der Waals surface area contributed by atoms with Crippen LogP contribution in [-0.4, -0.2) is 30.8 Å². The van der Waals surface area contributed by atoms with Gasteiger partial charge in [0.05, 0.1) is 0 Å². The minimum atomic E-state index is -0.230. The molecular formula is C9H16N2O2. The Kier molecular flexibility index (Phi) is 4.17. The van der Waals surface area contributed by atoms with E-state index in [2.05, 4.69) is 5.32 Å². The van der Waals surface area contributed by atoms with Crippen LogP contribution < -0.4 is 5.32 Å². The first kappa shape index (κ1) is 11.7. The lowest BCUT2D eigenvalue weighted by Crippen LogP contribution is -2.33. The molecule has 0 aliphatic rings. The van der Waals surface area contributed by atoms with Gasteiger partial charge in [-0.2, -0.15) is 0 Å². The summed E-state index contributed by atoms with van der Waals surface area (Å²) in [6.07, 6.45) is 0. The minimum absolute atomic E-state index is 0.185. The summed E-state index contributed by atoms with van der Waals surface area (Å²) in [6.45, 7) is 4.95. The Balaban J connectivity index is 4.75. The SMILES string of the molecule is CC(=O)NC(C(=O)N(C)C)=C(C)C. The number of likely N-dealkylation sites (N-methyl/N-ethyl adjacent to an activating group) is 1. The van der Waals surface area contributed by atoms with Crippen LogP contribution in [0.1, 0.15) is 20.8 Å². The molecule has 4 nitrogen and oxygen atoms in total. The van der Waals surface area contributed by atoms with E-state index in [9.17, 15) is 9.59 Å². The first-order valence-electron chi connectivity index (χ1n) is 4.03. The largest absolute Gasteiger partial charge is 0.344 e. The molecule has 13 heavy (non-hydrogen) atoms. The highest BCUT2D eigenvalue weighted by Crippen LogP contribution is 2.02. The molecule has 1 N–H and O–H groups in total. The first-order valence-corrected chi connectivity index (χ1v) is 4.03. The van der Waals surface area contributed by atoms with E-state index in [1.807, 2.05) is 0 Å². The number of hydrogen-bond donors (Lipinski definition) is 1. The Morgan fingerprint density at radius 3 is 1.77 bits per heavy atom. The number of carbonyl (C=O) groups excluding carboxylic acids is 2. The second-order valence-corrected chi connectivity index (χ2v) is 3.26. The van der Waals surface area contributed by atoms with E-state index in [1.54, 1.807) is 27.9 Å². The Morgan fingerprint density at radius 2 is 1.54 bits per heavy atom. The summed E-state index contributed by atoms with van der Waals surface area (Å²) < 4.78 is 0. The van der Waals surface area contributed by atoms with E-state index < -0.39 is 0 Å². The zero-order valence-corrected chi connectivity index (χ0v) is 8.76. The van der Waals surface area contributed by atoms with E-state index in [0.29, 0.717) is 5.70 Å². The zero-order valence-electron chi connectivity index (χ0n) is 8.76. The quantitative estimate of drug-likeness (QED) is 0.635. The maximum absolute atomic E-state index is 11.5. The molecule has 0 saturated heterocycles. The number of allylic oxidation sites excluding steroid dienone is 1. The van der Waals surface area contributed by atoms with Crippen molar-refractivity contribution in [3.05, 3.63) is 11.3 Å². The lowest BCUT2D eigenvalue weighted by molar-refractivity contribution is -0.127. The van der Waals surface area contributed by atoms with Crippen molar-refractivity contribution in [1.29, 1.82) is 0 Å². The average molecular weight is 184 g/mol. The van der Waals surface area contributed by atoms with Gasteiger partial charge in [-0.1, -0.05) is 0 Å². The molecule has 0 radical (unpaired) electrons. The molecular weight excluding hydrogens is 168 g/mol. The van der Waals surface area contributed by atoms with E-state index in [1.165, 1.54) is 11.8 Å². The van der Waals surface area contributed by atoms with Crippen LogP contribution >= 0.6 is 0 Å². The number of hydrogen-bond acceptors (Lipinski definition) is 2. The van der Waals surface area contributed by atoms with Crippen molar-refractivity contribution in [1.82, 2.24) is 10.2 Å². The Hall–Kier alpha value is -1.32. The van der Waals surface area contributed by atoms with Crippen molar-refractivity contribution < 1.29 is 9.59 Å². The Bertz CT molecular complexity index is 250. The maximum Gasteiger partial charge on any atom is 0.269 e. The molecule has 0 fully saturated rings. The van der Waals surface area contributed by atoms with Gasteiger partial charge in [-0.25, -0.2) is 0 Å². The molecule has 0 spiro atoms. The third-order valence-corrected chi connectivity index (χ3v) is 1.42. The fourth-order valence-corrected chi connectivity index (χ4v) is 0.792. The van der Waals surface area contributed by atoms with Gasteiger partial charge in [-0.05, 0) is 19.4 Å². The summed E-state index contributed by atoms with van der Waals surface area (Å²) in [7, 11) is 3.29. The highest BCUT2D eigenvalue weighted by molar-refractivity contribution is 5.97. The summed E-state index contributed by atoms with van der Waals surface area (Å²) in [5.41, 5.74) is 1.16. The highest BCUT2D eigenvalue weighted by Gasteiger charge is 2.13. The van der Waals surface area contributed by atoms with Crippen molar-refractivity contribution in [3.63, 3.8) is 0 Å². The summed E-state index contributed by atoms with van der Waals surface area (Å²) in [4.78, 5) is 23.7. The number of nitrogens with one attached hydrogen (secondary N) is 1.